The molecule has 3 heterocycles. The van der Waals surface area contributed by atoms with Gasteiger partial charge in [-0.2, -0.15) is 0 Å². The van der Waals surface area contributed by atoms with Crippen molar-refractivity contribution in [3.63, 3.8) is 0 Å². The lowest BCUT2D eigenvalue weighted by Gasteiger charge is -2.48. The van der Waals surface area contributed by atoms with Gasteiger partial charge in [0.1, 0.15) is 12.1 Å². The number of nitrogens with one attached hydrogen (secondary N) is 2. The SMILES string of the molecule is CN=C(NCc1ccc(-n2ccnc2)nc1)NCC1(N2CCOCC2)CCCCC1.I. The highest BCUT2D eigenvalue weighted by Gasteiger charge is 2.38. The topological polar surface area (TPSA) is 79.6 Å². The molecule has 0 spiro atoms. The number of hydrogen-bond donors (Lipinski definition) is 2. The van der Waals surface area contributed by atoms with Crippen LogP contribution in [0.4, 0.5) is 0 Å². The molecule has 2 aromatic rings. The van der Waals surface area contributed by atoms with Crippen LogP contribution in [-0.4, -0.2) is 70.8 Å². The first-order valence-corrected chi connectivity index (χ1v) is 11.0. The Hall–Kier alpha value is -1.72. The quantitative estimate of drug-likeness (QED) is 0.334. The fraction of sp³-hybridized carbons (Fsp3) is 0.591. The van der Waals surface area contributed by atoms with E-state index in [1.807, 2.05) is 30.1 Å². The van der Waals surface area contributed by atoms with E-state index < -0.39 is 0 Å². The third-order valence-electron chi connectivity index (χ3n) is 6.31. The van der Waals surface area contributed by atoms with Gasteiger partial charge in [-0.15, -0.1) is 24.0 Å². The van der Waals surface area contributed by atoms with Gasteiger partial charge in [0.05, 0.1) is 13.2 Å². The van der Waals surface area contributed by atoms with Crippen LogP contribution in [-0.2, 0) is 11.3 Å². The van der Waals surface area contributed by atoms with Crippen LogP contribution in [0, 0.1) is 0 Å². The Morgan fingerprint density at radius 3 is 2.61 bits per heavy atom. The molecule has 2 aliphatic rings. The largest absolute Gasteiger partial charge is 0.379 e. The first kappa shape index (κ1) is 23.9. The number of pyridine rings is 1. The van der Waals surface area contributed by atoms with Crippen molar-refractivity contribution in [2.75, 3.05) is 39.9 Å². The highest BCUT2D eigenvalue weighted by molar-refractivity contribution is 14.0. The van der Waals surface area contributed by atoms with Crippen LogP contribution in [0.1, 0.15) is 37.7 Å². The maximum absolute atomic E-state index is 5.59. The molecule has 0 radical (unpaired) electrons. The van der Waals surface area contributed by atoms with E-state index in [1.165, 1.54) is 32.1 Å². The molecule has 1 saturated carbocycles. The molecule has 31 heavy (non-hydrogen) atoms. The van der Waals surface area contributed by atoms with Gasteiger partial charge < -0.3 is 15.4 Å². The normalized spacial score (nSPS) is 19.5. The predicted molar refractivity (Wildman–Crippen MR) is 133 cm³/mol. The van der Waals surface area contributed by atoms with Gasteiger partial charge in [0.15, 0.2) is 5.96 Å². The molecule has 170 valence electrons. The van der Waals surface area contributed by atoms with E-state index in [-0.39, 0.29) is 29.5 Å². The minimum atomic E-state index is 0. The monoisotopic (exact) mass is 539 g/mol. The van der Waals surface area contributed by atoms with Crippen LogP contribution in [0.2, 0.25) is 0 Å². The van der Waals surface area contributed by atoms with Crippen LogP contribution < -0.4 is 10.6 Å². The zero-order chi connectivity index (χ0) is 20.7. The first-order chi connectivity index (χ1) is 14.8. The van der Waals surface area contributed by atoms with Crippen LogP contribution in [0.15, 0.2) is 42.0 Å². The molecule has 4 rings (SSSR count). The van der Waals surface area contributed by atoms with E-state index in [4.69, 9.17) is 4.74 Å². The molecule has 0 amide bonds. The van der Waals surface area contributed by atoms with Gasteiger partial charge in [-0.25, -0.2) is 9.97 Å². The fourth-order valence-corrected chi connectivity index (χ4v) is 4.58. The zero-order valence-electron chi connectivity index (χ0n) is 18.3. The summed E-state index contributed by atoms with van der Waals surface area (Å²) >= 11 is 0. The van der Waals surface area contributed by atoms with Crippen LogP contribution in [0.3, 0.4) is 0 Å². The third kappa shape index (κ3) is 6.17. The average Bonchev–Trinajstić information content (AvgIpc) is 3.36. The van der Waals surface area contributed by atoms with Crippen LogP contribution in [0.25, 0.3) is 5.82 Å². The Morgan fingerprint density at radius 2 is 1.97 bits per heavy atom. The molecular weight excluding hydrogens is 505 g/mol. The minimum Gasteiger partial charge on any atom is -0.379 e. The van der Waals surface area contributed by atoms with Crippen LogP contribution >= 0.6 is 24.0 Å². The highest BCUT2D eigenvalue weighted by atomic mass is 127. The highest BCUT2D eigenvalue weighted by Crippen LogP contribution is 2.33. The van der Waals surface area contributed by atoms with Crippen molar-refractivity contribution in [3.05, 3.63) is 42.6 Å². The lowest BCUT2D eigenvalue weighted by Crippen LogP contribution is -2.60. The smallest absolute Gasteiger partial charge is 0.191 e. The minimum absolute atomic E-state index is 0. The average molecular weight is 539 g/mol. The van der Waals surface area contributed by atoms with Crippen molar-refractivity contribution < 1.29 is 4.74 Å². The Labute approximate surface area is 201 Å². The molecule has 2 aromatic heterocycles. The molecule has 0 aromatic carbocycles. The predicted octanol–water partition coefficient (Wildman–Crippen LogP) is 2.59. The summed E-state index contributed by atoms with van der Waals surface area (Å²) in [6.45, 7) is 5.35. The van der Waals surface area contributed by atoms with Gasteiger partial charge in [0.25, 0.3) is 0 Å². The summed E-state index contributed by atoms with van der Waals surface area (Å²) in [5.41, 5.74) is 1.33. The molecule has 0 atom stereocenters. The van der Waals surface area contributed by atoms with E-state index in [1.54, 1.807) is 12.5 Å². The number of hydrogen-bond acceptors (Lipinski definition) is 5. The number of ether oxygens (including phenoxy) is 1. The standard InChI is InChI=1S/C22H33N7O.HI/c1-23-21(26-16-19-5-6-20(25-15-19)28-10-9-24-18-28)27-17-22(7-3-2-4-8-22)29-11-13-30-14-12-29;/h5-6,9-10,15,18H,2-4,7-8,11-14,16-17H2,1H3,(H2,23,26,27);1H. The van der Waals surface area contributed by atoms with E-state index in [0.717, 1.165) is 50.2 Å². The molecule has 8 nitrogen and oxygen atoms in total. The molecule has 1 aliphatic heterocycles. The lowest BCUT2D eigenvalue weighted by atomic mass is 9.80. The lowest BCUT2D eigenvalue weighted by molar-refractivity contribution is -0.0352. The zero-order valence-corrected chi connectivity index (χ0v) is 20.6. The van der Waals surface area contributed by atoms with Gasteiger partial charge in [-0.05, 0) is 24.5 Å². The number of rotatable bonds is 6. The summed E-state index contributed by atoms with van der Waals surface area (Å²) in [5.74, 6) is 1.70. The van der Waals surface area contributed by atoms with Crippen molar-refractivity contribution in [2.24, 2.45) is 4.99 Å². The maximum Gasteiger partial charge on any atom is 0.191 e. The number of aliphatic imine (C=N–C) groups is 1. The van der Waals surface area contributed by atoms with E-state index >= 15 is 0 Å². The number of guanidine groups is 1. The molecule has 1 aliphatic carbocycles. The van der Waals surface area contributed by atoms with Gasteiger partial charge in [0, 0.05) is 57.4 Å². The molecule has 0 bridgehead atoms. The third-order valence-corrected chi connectivity index (χ3v) is 6.31. The summed E-state index contributed by atoms with van der Waals surface area (Å²) < 4.78 is 7.49. The number of imidazole rings is 1. The van der Waals surface area contributed by atoms with Crippen molar-refractivity contribution in [3.8, 4) is 5.82 Å². The molecule has 0 unspecified atom stereocenters. The van der Waals surface area contributed by atoms with Crippen LogP contribution in [0.5, 0.6) is 0 Å². The van der Waals surface area contributed by atoms with Gasteiger partial charge in [0.2, 0.25) is 0 Å². The molecule has 2 fully saturated rings. The number of nitrogens with zero attached hydrogens (tertiary/aromatic N) is 5. The molecule has 9 heteroatoms. The summed E-state index contributed by atoms with van der Waals surface area (Å²) in [7, 11) is 1.83. The molecule has 1 saturated heterocycles. The van der Waals surface area contributed by atoms with Gasteiger partial charge in [-0.1, -0.05) is 25.3 Å². The number of morpholine rings is 1. The molecular formula is C22H34IN7O. The van der Waals surface area contributed by atoms with Gasteiger partial charge in [-0.3, -0.25) is 14.5 Å². The second-order valence-corrected chi connectivity index (χ2v) is 8.16. The Morgan fingerprint density at radius 1 is 1.16 bits per heavy atom. The van der Waals surface area contributed by atoms with Crippen molar-refractivity contribution >= 4 is 29.9 Å². The van der Waals surface area contributed by atoms with E-state index in [9.17, 15) is 0 Å². The maximum atomic E-state index is 5.59. The number of aromatic nitrogens is 3. The molecule has 2 N–H and O–H groups in total. The van der Waals surface area contributed by atoms with Crippen molar-refractivity contribution in [1.82, 2.24) is 30.1 Å². The summed E-state index contributed by atoms with van der Waals surface area (Å²) in [6, 6.07) is 4.09. The van der Waals surface area contributed by atoms with Crippen molar-refractivity contribution in [2.45, 2.75) is 44.2 Å². The van der Waals surface area contributed by atoms with E-state index in [0.29, 0.717) is 6.54 Å². The Bertz CT molecular complexity index is 798. The van der Waals surface area contributed by atoms with Crippen molar-refractivity contribution in [1.29, 1.82) is 0 Å². The van der Waals surface area contributed by atoms with E-state index in [2.05, 4.69) is 36.6 Å². The Balaban J connectivity index is 0.00000272. The first-order valence-electron chi connectivity index (χ1n) is 11.0. The Kier molecular flexibility index (Phi) is 9.09. The second-order valence-electron chi connectivity index (χ2n) is 8.16. The fourth-order valence-electron chi connectivity index (χ4n) is 4.58. The summed E-state index contributed by atoms with van der Waals surface area (Å²) in [4.78, 5) is 15.7. The summed E-state index contributed by atoms with van der Waals surface area (Å²) in [5, 5.41) is 7.04. The van der Waals surface area contributed by atoms with Gasteiger partial charge >= 0.3 is 0 Å². The second kappa shape index (κ2) is 11.8. The number of halogens is 1. The summed E-state index contributed by atoms with van der Waals surface area (Å²) in [6.07, 6.45) is 13.7.